The maximum absolute atomic E-state index is 8.90. The van der Waals surface area contributed by atoms with Gasteiger partial charge in [0.1, 0.15) is 11.5 Å². The SMILES string of the molecule is Cc1ccc(C#N)cc1Oc1ccc([C@@H](C)N)cc1. The normalized spacial score (nSPS) is 11.7. The molecule has 2 rings (SSSR count). The van der Waals surface area contributed by atoms with Gasteiger partial charge in [0.2, 0.25) is 0 Å². The molecule has 2 N–H and O–H groups in total. The Bertz CT molecular complexity index is 610. The molecule has 0 fully saturated rings. The summed E-state index contributed by atoms with van der Waals surface area (Å²) < 4.78 is 5.79. The lowest BCUT2D eigenvalue weighted by Crippen LogP contribution is -2.04. The summed E-state index contributed by atoms with van der Waals surface area (Å²) in [5.41, 5.74) is 8.45. The minimum atomic E-state index is 0.0118. The van der Waals surface area contributed by atoms with Crippen molar-refractivity contribution in [1.29, 1.82) is 5.26 Å². The Morgan fingerprint density at radius 1 is 1.16 bits per heavy atom. The number of nitrogens with zero attached hydrogens (tertiary/aromatic N) is 1. The van der Waals surface area contributed by atoms with Crippen molar-refractivity contribution >= 4 is 0 Å². The van der Waals surface area contributed by atoms with E-state index in [1.165, 1.54) is 0 Å². The van der Waals surface area contributed by atoms with Crippen LogP contribution in [0.15, 0.2) is 42.5 Å². The topological polar surface area (TPSA) is 59.0 Å². The summed E-state index contributed by atoms with van der Waals surface area (Å²) >= 11 is 0. The molecular weight excluding hydrogens is 236 g/mol. The third-order valence-corrected chi connectivity index (χ3v) is 2.95. The Labute approximate surface area is 113 Å². The molecule has 0 aliphatic carbocycles. The molecule has 96 valence electrons. The quantitative estimate of drug-likeness (QED) is 0.906. The number of nitrogens with two attached hydrogens (primary N) is 1. The van der Waals surface area contributed by atoms with Crippen LogP contribution >= 0.6 is 0 Å². The lowest BCUT2D eigenvalue weighted by molar-refractivity contribution is 0.478. The summed E-state index contributed by atoms with van der Waals surface area (Å²) in [5.74, 6) is 1.44. The molecular formula is C16H16N2O. The van der Waals surface area contributed by atoms with Gasteiger partial charge in [-0.25, -0.2) is 0 Å². The summed E-state index contributed by atoms with van der Waals surface area (Å²) in [7, 11) is 0. The molecule has 0 aliphatic heterocycles. The van der Waals surface area contributed by atoms with E-state index in [0.717, 1.165) is 16.9 Å². The number of ether oxygens (including phenoxy) is 1. The number of aryl methyl sites for hydroxylation is 1. The third-order valence-electron chi connectivity index (χ3n) is 2.95. The Balaban J connectivity index is 2.24. The lowest BCUT2D eigenvalue weighted by Gasteiger charge is -2.10. The average molecular weight is 252 g/mol. The van der Waals surface area contributed by atoms with Crippen molar-refractivity contribution in [2.45, 2.75) is 19.9 Å². The van der Waals surface area contributed by atoms with Crippen molar-refractivity contribution < 1.29 is 4.74 Å². The van der Waals surface area contributed by atoms with Gasteiger partial charge in [-0.1, -0.05) is 18.2 Å². The van der Waals surface area contributed by atoms with Gasteiger partial charge in [0.15, 0.2) is 0 Å². The van der Waals surface area contributed by atoms with Crippen molar-refractivity contribution in [2.24, 2.45) is 5.73 Å². The van der Waals surface area contributed by atoms with Gasteiger partial charge in [0.25, 0.3) is 0 Å². The number of rotatable bonds is 3. The number of benzene rings is 2. The van der Waals surface area contributed by atoms with Crippen LogP contribution in [0.2, 0.25) is 0 Å². The van der Waals surface area contributed by atoms with Crippen LogP contribution in [0.1, 0.15) is 29.7 Å². The van der Waals surface area contributed by atoms with Crippen LogP contribution in [0.3, 0.4) is 0 Å². The van der Waals surface area contributed by atoms with E-state index in [1.54, 1.807) is 12.1 Å². The summed E-state index contributed by atoms with van der Waals surface area (Å²) in [6.45, 7) is 3.89. The van der Waals surface area contributed by atoms with Gasteiger partial charge in [-0.15, -0.1) is 0 Å². The second-order valence-corrected chi connectivity index (χ2v) is 4.55. The fourth-order valence-electron chi connectivity index (χ4n) is 1.75. The minimum absolute atomic E-state index is 0.0118. The molecule has 0 bridgehead atoms. The fraction of sp³-hybridized carbons (Fsp3) is 0.188. The molecule has 0 amide bonds. The van der Waals surface area contributed by atoms with E-state index < -0.39 is 0 Å². The van der Waals surface area contributed by atoms with Crippen molar-refractivity contribution in [3.63, 3.8) is 0 Å². The van der Waals surface area contributed by atoms with Crippen molar-refractivity contribution in [2.75, 3.05) is 0 Å². The first-order valence-electron chi connectivity index (χ1n) is 6.14. The maximum atomic E-state index is 8.90. The zero-order valence-corrected chi connectivity index (χ0v) is 11.1. The summed E-state index contributed by atoms with van der Waals surface area (Å²) in [6, 6.07) is 15.2. The van der Waals surface area contributed by atoms with Gasteiger partial charge < -0.3 is 10.5 Å². The number of nitriles is 1. The Hall–Kier alpha value is -2.31. The van der Waals surface area contributed by atoms with Gasteiger partial charge >= 0.3 is 0 Å². The molecule has 0 heterocycles. The Kier molecular flexibility index (Phi) is 3.84. The van der Waals surface area contributed by atoms with Gasteiger partial charge in [-0.05, 0) is 49.2 Å². The molecule has 19 heavy (non-hydrogen) atoms. The third kappa shape index (κ3) is 3.12. The van der Waals surface area contributed by atoms with E-state index in [9.17, 15) is 0 Å². The van der Waals surface area contributed by atoms with Gasteiger partial charge in [0, 0.05) is 6.04 Å². The van der Waals surface area contributed by atoms with Gasteiger partial charge in [0.05, 0.1) is 11.6 Å². The molecule has 0 spiro atoms. The van der Waals surface area contributed by atoms with Crippen LogP contribution in [0, 0.1) is 18.3 Å². The second kappa shape index (κ2) is 5.55. The summed E-state index contributed by atoms with van der Waals surface area (Å²) in [4.78, 5) is 0. The van der Waals surface area contributed by atoms with E-state index in [4.69, 9.17) is 15.7 Å². The molecule has 0 radical (unpaired) electrons. The first kappa shape index (κ1) is 13.1. The highest BCUT2D eigenvalue weighted by atomic mass is 16.5. The van der Waals surface area contributed by atoms with Crippen molar-refractivity contribution in [3.05, 3.63) is 59.2 Å². The van der Waals surface area contributed by atoms with Crippen LogP contribution in [0.5, 0.6) is 11.5 Å². The monoisotopic (exact) mass is 252 g/mol. The maximum Gasteiger partial charge on any atom is 0.131 e. The number of hydrogen-bond acceptors (Lipinski definition) is 3. The zero-order chi connectivity index (χ0) is 13.8. The predicted molar refractivity (Wildman–Crippen MR) is 75.0 cm³/mol. The Morgan fingerprint density at radius 3 is 2.42 bits per heavy atom. The number of hydrogen-bond donors (Lipinski definition) is 1. The van der Waals surface area contributed by atoms with Crippen LogP contribution in [0.25, 0.3) is 0 Å². The van der Waals surface area contributed by atoms with Crippen molar-refractivity contribution in [3.8, 4) is 17.6 Å². The average Bonchev–Trinajstić information content (AvgIpc) is 2.42. The second-order valence-electron chi connectivity index (χ2n) is 4.55. The fourth-order valence-corrected chi connectivity index (χ4v) is 1.75. The molecule has 3 nitrogen and oxygen atoms in total. The van der Waals surface area contributed by atoms with Crippen LogP contribution in [-0.2, 0) is 0 Å². The van der Waals surface area contributed by atoms with Gasteiger partial charge in [-0.2, -0.15) is 5.26 Å². The van der Waals surface area contributed by atoms with E-state index in [2.05, 4.69) is 6.07 Å². The zero-order valence-electron chi connectivity index (χ0n) is 11.1. The van der Waals surface area contributed by atoms with E-state index >= 15 is 0 Å². The molecule has 0 saturated carbocycles. The molecule has 2 aromatic rings. The minimum Gasteiger partial charge on any atom is -0.457 e. The van der Waals surface area contributed by atoms with Crippen LogP contribution in [0.4, 0.5) is 0 Å². The first-order valence-corrected chi connectivity index (χ1v) is 6.14. The highest BCUT2D eigenvalue weighted by molar-refractivity contribution is 5.44. The largest absolute Gasteiger partial charge is 0.457 e. The van der Waals surface area contributed by atoms with Gasteiger partial charge in [-0.3, -0.25) is 0 Å². The molecule has 0 saturated heterocycles. The lowest BCUT2D eigenvalue weighted by atomic mass is 10.1. The molecule has 0 aromatic heterocycles. The van der Waals surface area contributed by atoms with Crippen molar-refractivity contribution in [1.82, 2.24) is 0 Å². The van der Waals surface area contributed by atoms with Crippen LogP contribution in [-0.4, -0.2) is 0 Å². The molecule has 2 aromatic carbocycles. The molecule has 1 atom stereocenters. The predicted octanol–water partition coefficient (Wildman–Crippen LogP) is 3.68. The highest BCUT2D eigenvalue weighted by Gasteiger charge is 2.04. The summed E-state index contributed by atoms with van der Waals surface area (Å²) in [6.07, 6.45) is 0. The first-order chi connectivity index (χ1) is 9.10. The standard InChI is InChI=1S/C16H16N2O/c1-11-3-4-13(10-17)9-16(11)19-15-7-5-14(6-8-15)12(2)18/h3-9,12H,18H2,1-2H3/t12-/m1/s1. The molecule has 0 unspecified atom stereocenters. The molecule has 3 heteroatoms. The summed E-state index contributed by atoms with van der Waals surface area (Å²) in [5, 5.41) is 8.90. The van der Waals surface area contributed by atoms with E-state index in [0.29, 0.717) is 11.3 Å². The Morgan fingerprint density at radius 2 is 1.84 bits per heavy atom. The molecule has 0 aliphatic rings. The van der Waals surface area contributed by atoms with E-state index in [-0.39, 0.29) is 6.04 Å². The smallest absolute Gasteiger partial charge is 0.131 e. The van der Waals surface area contributed by atoms with E-state index in [1.807, 2.05) is 44.2 Å². The highest BCUT2D eigenvalue weighted by Crippen LogP contribution is 2.26. The van der Waals surface area contributed by atoms with Crippen LogP contribution < -0.4 is 10.5 Å².